The molecule has 1 saturated carbocycles. The molecule has 0 spiro atoms. The second-order valence-electron chi connectivity index (χ2n) is 4.77. The molecule has 1 fully saturated rings. The van der Waals surface area contributed by atoms with Crippen molar-refractivity contribution in [1.82, 2.24) is 9.97 Å². The van der Waals surface area contributed by atoms with Crippen molar-refractivity contribution in [2.45, 2.75) is 45.6 Å². The van der Waals surface area contributed by atoms with Crippen LogP contribution in [0.3, 0.4) is 0 Å². The summed E-state index contributed by atoms with van der Waals surface area (Å²) in [5.41, 5.74) is 1.07. The molecule has 4 heteroatoms. The average molecular weight is 235 g/mol. The number of hydrogen-bond acceptors (Lipinski definition) is 4. The Balaban J connectivity index is 2.09. The fourth-order valence-corrected chi connectivity index (χ4v) is 2.52. The predicted octanol–water partition coefficient (Wildman–Crippen LogP) is 1.92. The Morgan fingerprint density at radius 1 is 1.41 bits per heavy atom. The summed E-state index contributed by atoms with van der Waals surface area (Å²) in [6, 6.07) is 2.37. The molecular weight excluding hydrogens is 214 g/mol. The SMILES string of the molecule is CCc1cc(NC2CCCC2CO)nc(C)n1. The number of nitrogens with one attached hydrogen (secondary N) is 1. The highest BCUT2D eigenvalue weighted by atomic mass is 16.3. The smallest absolute Gasteiger partial charge is 0.130 e. The van der Waals surface area contributed by atoms with Crippen molar-refractivity contribution in [3.8, 4) is 0 Å². The second kappa shape index (κ2) is 5.45. The lowest BCUT2D eigenvalue weighted by atomic mass is 10.1. The largest absolute Gasteiger partial charge is 0.396 e. The van der Waals surface area contributed by atoms with Gasteiger partial charge in [0.2, 0.25) is 0 Å². The molecule has 1 aliphatic carbocycles. The summed E-state index contributed by atoms with van der Waals surface area (Å²) in [6.07, 6.45) is 4.34. The Labute approximate surface area is 102 Å². The third-order valence-electron chi connectivity index (χ3n) is 3.48. The summed E-state index contributed by atoms with van der Waals surface area (Å²) in [6.45, 7) is 4.28. The fraction of sp³-hybridized carbons (Fsp3) is 0.692. The van der Waals surface area contributed by atoms with E-state index in [4.69, 9.17) is 0 Å². The number of rotatable bonds is 4. The number of nitrogens with zero attached hydrogens (tertiary/aromatic N) is 2. The molecule has 4 nitrogen and oxygen atoms in total. The number of aliphatic hydroxyl groups is 1. The number of aromatic nitrogens is 2. The first kappa shape index (κ1) is 12.3. The lowest BCUT2D eigenvalue weighted by Crippen LogP contribution is -2.27. The highest BCUT2D eigenvalue weighted by Gasteiger charge is 2.26. The van der Waals surface area contributed by atoms with Gasteiger partial charge >= 0.3 is 0 Å². The second-order valence-corrected chi connectivity index (χ2v) is 4.77. The molecule has 0 bridgehead atoms. The van der Waals surface area contributed by atoms with Gasteiger partial charge in [0.05, 0.1) is 0 Å². The zero-order valence-electron chi connectivity index (χ0n) is 10.6. The van der Waals surface area contributed by atoms with Crippen molar-refractivity contribution in [1.29, 1.82) is 0 Å². The summed E-state index contributed by atoms with van der Waals surface area (Å²) in [7, 11) is 0. The van der Waals surface area contributed by atoms with Gasteiger partial charge in [0.15, 0.2) is 0 Å². The van der Waals surface area contributed by atoms with Crippen LogP contribution < -0.4 is 5.32 Å². The van der Waals surface area contributed by atoms with Gasteiger partial charge in [-0.15, -0.1) is 0 Å². The maximum atomic E-state index is 9.30. The minimum atomic E-state index is 0.266. The van der Waals surface area contributed by atoms with Crippen LogP contribution in [0, 0.1) is 12.8 Å². The lowest BCUT2D eigenvalue weighted by Gasteiger charge is -2.20. The molecule has 0 radical (unpaired) electrons. The quantitative estimate of drug-likeness (QED) is 0.837. The minimum absolute atomic E-state index is 0.266. The van der Waals surface area contributed by atoms with E-state index in [0.29, 0.717) is 12.0 Å². The average Bonchev–Trinajstić information content (AvgIpc) is 2.75. The van der Waals surface area contributed by atoms with E-state index in [2.05, 4.69) is 22.2 Å². The third-order valence-corrected chi connectivity index (χ3v) is 3.48. The van der Waals surface area contributed by atoms with Gasteiger partial charge in [-0.1, -0.05) is 13.3 Å². The van der Waals surface area contributed by atoms with Crippen molar-refractivity contribution >= 4 is 5.82 Å². The van der Waals surface area contributed by atoms with E-state index in [9.17, 15) is 5.11 Å². The molecule has 1 aromatic heterocycles. The van der Waals surface area contributed by atoms with Crippen molar-refractivity contribution in [3.63, 3.8) is 0 Å². The number of aliphatic hydroxyl groups excluding tert-OH is 1. The van der Waals surface area contributed by atoms with Crippen molar-refractivity contribution in [3.05, 3.63) is 17.6 Å². The summed E-state index contributed by atoms with van der Waals surface area (Å²) in [4.78, 5) is 8.78. The van der Waals surface area contributed by atoms with Gasteiger partial charge in [-0.2, -0.15) is 0 Å². The zero-order chi connectivity index (χ0) is 12.3. The Morgan fingerprint density at radius 3 is 2.94 bits per heavy atom. The third kappa shape index (κ3) is 2.94. The molecule has 1 aliphatic rings. The molecule has 1 heterocycles. The van der Waals surface area contributed by atoms with Crippen LogP contribution in [0.15, 0.2) is 6.07 Å². The Kier molecular flexibility index (Phi) is 3.94. The molecule has 2 atom stereocenters. The summed E-state index contributed by atoms with van der Waals surface area (Å²) >= 11 is 0. The van der Waals surface area contributed by atoms with Crippen LogP contribution >= 0.6 is 0 Å². The first-order valence-corrected chi connectivity index (χ1v) is 6.45. The van der Waals surface area contributed by atoms with E-state index in [0.717, 1.165) is 36.6 Å². The molecule has 2 unspecified atom stereocenters. The van der Waals surface area contributed by atoms with Gasteiger partial charge in [0.25, 0.3) is 0 Å². The number of anilines is 1. The molecule has 2 rings (SSSR count). The Bertz CT molecular complexity index is 381. The molecule has 17 heavy (non-hydrogen) atoms. The molecule has 0 amide bonds. The molecule has 0 aromatic carbocycles. The van der Waals surface area contributed by atoms with Crippen molar-refractivity contribution in [2.75, 3.05) is 11.9 Å². The predicted molar refractivity (Wildman–Crippen MR) is 68.0 cm³/mol. The number of hydrogen-bond donors (Lipinski definition) is 2. The summed E-state index contributed by atoms with van der Waals surface area (Å²) in [5, 5.41) is 12.7. The van der Waals surface area contributed by atoms with E-state index in [-0.39, 0.29) is 6.61 Å². The van der Waals surface area contributed by atoms with E-state index in [1.54, 1.807) is 0 Å². The van der Waals surface area contributed by atoms with Gasteiger partial charge in [-0.3, -0.25) is 0 Å². The molecule has 0 aliphatic heterocycles. The van der Waals surface area contributed by atoms with Crippen LogP contribution in [0.4, 0.5) is 5.82 Å². The van der Waals surface area contributed by atoms with Crippen LogP contribution in [0.25, 0.3) is 0 Å². The van der Waals surface area contributed by atoms with Crippen molar-refractivity contribution < 1.29 is 5.11 Å². The molecule has 0 saturated heterocycles. The van der Waals surface area contributed by atoms with E-state index < -0.39 is 0 Å². The topological polar surface area (TPSA) is 58.0 Å². The first-order chi connectivity index (χ1) is 8.22. The van der Waals surface area contributed by atoms with Crippen LogP contribution in [-0.4, -0.2) is 27.7 Å². The van der Waals surface area contributed by atoms with Gasteiger partial charge < -0.3 is 10.4 Å². The fourth-order valence-electron chi connectivity index (χ4n) is 2.52. The van der Waals surface area contributed by atoms with Crippen LogP contribution in [0.1, 0.15) is 37.7 Å². The monoisotopic (exact) mass is 235 g/mol. The van der Waals surface area contributed by atoms with Crippen LogP contribution in [0.5, 0.6) is 0 Å². The minimum Gasteiger partial charge on any atom is -0.396 e. The molecule has 2 N–H and O–H groups in total. The van der Waals surface area contributed by atoms with E-state index in [1.165, 1.54) is 6.42 Å². The summed E-state index contributed by atoms with van der Waals surface area (Å²) < 4.78 is 0. The van der Waals surface area contributed by atoms with Crippen LogP contribution in [0.2, 0.25) is 0 Å². The molecule has 1 aromatic rings. The highest BCUT2D eigenvalue weighted by Crippen LogP contribution is 2.27. The standard InChI is InChI=1S/C13H21N3O/c1-3-11-7-13(15-9(2)14-11)16-12-6-4-5-10(12)8-17/h7,10,12,17H,3-6,8H2,1-2H3,(H,14,15,16). The van der Waals surface area contributed by atoms with Gasteiger partial charge in [0, 0.05) is 30.3 Å². The van der Waals surface area contributed by atoms with E-state index in [1.807, 2.05) is 13.0 Å². The van der Waals surface area contributed by atoms with Gasteiger partial charge in [0.1, 0.15) is 11.6 Å². The Hall–Kier alpha value is -1.16. The molecular formula is C13H21N3O. The van der Waals surface area contributed by atoms with E-state index >= 15 is 0 Å². The maximum absolute atomic E-state index is 9.30. The molecule has 94 valence electrons. The maximum Gasteiger partial charge on any atom is 0.130 e. The lowest BCUT2D eigenvalue weighted by molar-refractivity contribution is 0.222. The highest BCUT2D eigenvalue weighted by molar-refractivity contribution is 5.37. The first-order valence-electron chi connectivity index (χ1n) is 6.45. The van der Waals surface area contributed by atoms with Gasteiger partial charge in [-0.05, 0) is 26.2 Å². The zero-order valence-corrected chi connectivity index (χ0v) is 10.6. The number of aryl methyl sites for hydroxylation is 2. The van der Waals surface area contributed by atoms with Gasteiger partial charge in [-0.25, -0.2) is 9.97 Å². The van der Waals surface area contributed by atoms with Crippen molar-refractivity contribution in [2.24, 2.45) is 5.92 Å². The van der Waals surface area contributed by atoms with Crippen LogP contribution in [-0.2, 0) is 6.42 Å². The normalized spacial score (nSPS) is 23.9. The summed E-state index contributed by atoms with van der Waals surface area (Å²) in [5.74, 6) is 2.08. The Morgan fingerprint density at radius 2 is 2.24 bits per heavy atom.